The molecule has 0 aromatic heterocycles. The molecule has 2 aliphatic heterocycles. The number of carbonyl (C=O) groups excluding carboxylic acids is 1. The predicted octanol–water partition coefficient (Wildman–Crippen LogP) is 2.87. The van der Waals surface area contributed by atoms with Crippen LogP contribution < -0.4 is 4.74 Å². The SMILES string of the molecule is CC(=O)N1CCC(N2CCC(O)(COc3cc(C)ccc3Cl)CC2)CC1. The lowest BCUT2D eigenvalue weighted by Crippen LogP contribution is -2.53. The summed E-state index contributed by atoms with van der Waals surface area (Å²) in [7, 11) is 0. The number of hydrogen-bond donors (Lipinski definition) is 1. The molecule has 1 amide bonds. The van der Waals surface area contributed by atoms with Gasteiger partial charge in [0.2, 0.25) is 5.91 Å². The van der Waals surface area contributed by atoms with Crippen molar-refractivity contribution in [2.45, 2.75) is 51.2 Å². The number of rotatable bonds is 4. The minimum Gasteiger partial charge on any atom is -0.489 e. The van der Waals surface area contributed by atoms with Gasteiger partial charge in [-0.25, -0.2) is 0 Å². The fourth-order valence-electron chi connectivity index (χ4n) is 3.93. The number of carbonyl (C=O) groups is 1. The van der Waals surface area contributed by atoms with Gasteiger partial charge in [0.25, 0.3) is 0 Å². The van der Waals surface area contributed by atoms with Crippen LogP contribution in [0.2, 0.25) is 5.02 Å². The van der Waals surface area contributed by atoms with Gasteiger partial charge in [-0.2, -0.15) is 0 Å². The molecular formula is C20H29ClN2O3. The van der Waals surface area contributed by atoms with E-state index in [-0.39, 0.29) is 12.5 Å². The highest BCUT2D eigenvalue weighted by molar-refractivity contribution is 6.32. The van der Waals surface area contributed by atoms with E-state index in [1.807, 2.05) is 30.0 Å². The lowest BCUT2D eigenvalue weighted by atomic mass is 9.90. The zero-order valence-corrected chi connectivity index (χ0v) is 16.5. The number of likely N-dealkylation sites (tertiary alicyclic amines) is 2. The Kier molecular flexibility index (Phi) is 6.10. The van der Waals surface area contributed by atoms with Crippen LogP contribution in [0.1, 0.15) is 38.2 Å². The van der Waals surface area contributed by atoms with Crippen LogP contribution in [0.5, 0.6) is 5.75 Å². The van der Waals surface area contributed by atoms with Crippen molar-refractivity contribution >= 4 is 17.5 Å². The van der Waals surface area contributed by atoms with Crippen molar-refractivity contribution in [1.29, 1.82) is 0 Å². The van der Waals surface area contributed by atoms with Crippen molar-refractivity contribution < 1.29 is 14.6 Å². The summed E-state index contributed by atoms with van der Waals surface area (Å²) in [6.45, 7) is 7.33. The summed E-state index contributed by atoms with van der Waals surface area (Å²) in [5, 5.41) is 11.5. The highest BCUT2D eigenvalue weighted by atomic mass is 35.5. The third kappa shape index (κ3) is 4.70. The molecule has 1 aromatic carbocycles. The molecule has 2 fully saturated rings. The molecule has 0 bridgehead atoms. The minimum atomic E-state index is -0.802. The molecule has 3 rings (SSSR count). The number of hydrogen-bond acceptors (Lipinski definition) is 4. The van der Waals surface area contributed by atoms with Crippen molar-refractivity contribution in [2.24, 2.45) is 0 Å². The predicted molar refractivity (Wildman–Crippen MR) is 103 cm³/mol. The second-order valence-electron chi connectivity index (χ2n) is 7.72. The smallest absolute Gasteiger partial charge is 0.219 e. The second kappa shape index (κ2) is 8.15. The maximum atomic E-state index is 11.5. The average Bonchev–Trinajstić information content (AvgIpc) is 2.63. The van der Waals surface area contributed by atoms with Crippen LogP contribution in [0.25, 0.3) is 0 Å². The van der Waals surface area contributed by atoms with Gasteiger partial charge in [-0.1, -0.05) is 17.7 Å². The number of aryl methyl sites for hydroxylation is 1. The van der Waals surface area contributed by atoms with E-state index in [1.165, 1.54) is 0 Å². The highest BCUT2D eigenvalue weighted by Gasteiger charge is 2.36. The van der Waals surface area contributed by atoms with Crippen LogP contribution in [-0.2, 0) is 4.79 Å². The van der Waals surface area contributed by atoms with Gasteiger partial charge in [-0.3, -0.25) is 4.79 Å². The molecule has 0 atom stereocenters. The van der Waals surface area contributed by atoms with E-state index < -0.39 is 5.60 Å². The van der Waals surface area contributed by atoms with E-state index in [0.717, 1.165) is 44.6 Å². The molecule has 1 N–H and O–H groups in total. The average molecular weight is 381 g/mol. The molecule has 144 valence electrons. The Morgan fingerprint density at radius 2 is 1.92 bits per heavy atom. The van der Waals surface area contributed by atoms with Crippen LogP contribution in [0, 0.1) is 6.92 Å². The quantitative estimate of drug-likeness (QED) is 0.872. The molecule has 0 spiro atoms. The first-order valence-electron chi connectivity index (χ1n) is 9.47. The number of aliphatic hydroxyl groups is 1. The lowest BCUT2D eigenvalue weighted by Gasteiger charge is -2.44. The van der Waals surface area contributed by atoms with E-state index in [1.54, 1.807) is 6.92 Å². The molecule has 2 aliphatic rings. The van der Waals surface area contributed by atoms with Gasteiger partial charge in [0.1, 0.15) is 18.0 Å². The topological polar surface area (TPSA) is 53.0 Å². The summed E-state index contributed by atoms with van der Waals surface area (Å²) in [5.41, 5.74) is 0.284. The molecule has 0 aliphatic carbocycles. The largest absolute Gasteiger partial charge is 0.489 e. The third-order valence-corrected chi connectivity index (χ3v) is 6.05. The summed E-state index contributed by atoms with van der Waals surface area (Å²) >= 11 is 6.18. The van der Waals surface area contributed by atoms with Crippen molar-refractivity contribution in [3.05, 3.63) is 28.8 Å². The van der Waals surface area contributed by atoms with E-state index >= 15 is 0 Å². The fraction of sp³-hybridized carbons (Fsp3) is 0.650. The van der Waals surface area contributed by atoms with Gasteiger partial charge < -0.3 is 19.6 Å². The van der Waals surface area contributed by atoms with E-state index in [0.29, 0.717) is 29.7 Å². The van der Waals surface area contributed by atoms with Gasteiger partial charge in [0, 0.05) is 39.1 Å². The number of amides is 1. The van der Waals surface area contributed by atoms with Gasteiger partial charge >= 0.3 is 0 Å². The molecule has 2 saturated heterocycles. The second-order valence-corrected chi connectivity index (χ2v) is 8.13. The summed E-state index contributed by atoms with van der Waals surface area (Å²) in [5.74, 6) is 0.808. The molecular weight excluding hydrogens is 352 g/mol. The molecule has 2 heterocycles. The van der Waals surface area contributed by atoms with Crippen LogP contribution in [-0.4, -0.2) is 65.2 Å². The molecule has 5 nitrogen and oxygen atoms in total. The Bertz CT molecular complexity index is 636. The lowest BCUT2D eigenvalue weighted by molar-refractivity contribution is -0.130. The maximum Gasteiger partial charge on any atom is 0.219 e. The fourth-order valence-corrected chi connectivity index (χ4v) is 4.10. The Balaban J connectivity index is 1.48. The standard InChI is InChI=1S/C20H29ClN2O3/c1-15-3-4-18(21)19(13-15)26-14-20(25)7-11-23(12-8-20)17-5-9-22(10-6-17)16(2)24/h3-4,13,17,25H,5-12,14H2,1-2H3. The number of ether oxygens (including phenoxy) is 1. The van der Waals surface area contributed by atoms with Crippen molar-refractivity contribution in [1.82, 2.24) is 9.80 Å². The zero-order valence-electron chi connectivity index (χ0n) is 15.7. The van der Waals surface area contributed by atoms with Crippen molar-refractivity contribution in [3.63, 3.8) is 0 Å². The normalized spacial score (nSPS) is 21.6. The molecule has 0 saturated carbocycles. The molecule has 0 radical (unpaired) electrons. The number of piperidine rings is 2. The Labute approximate surface area is 160 Å². The van der Waals surface area contributed by atoms with Gasteiger partial charge in [0.05, 0.1) is 5.02 Å². The molecule has 0 unspecified atom stereocenters. The van der Waals surface area contributed by atoms with E-state index in [4.69, 9.17) is 16.3 Å². The van der Waals surface area contributed by atoms with Crippen LogP contribution >= 0.6 is 11.6 Å². The first-order chi connectivity index (χ1) is 12.4. The van der Waals surface area contributed by atoms with E-state index in [2.05, 4.69) is 4.90 Å². The van der Waals surface area contributed by atoms with Crippen molar-refractivity contribution in [3.8, 4) is 5.75 Å². The summed E-state index contributed by atoms with van der Waals surface area (Å²) in [4.78, 5) is 15.8. The summed E-state index contributed by atoms with van der Waals surface area (Å²) in [6, 6.07) is 6.19. The highest BCUT2D eigenvalue weighted by Crippen LogP contribution is 2.30. The van der Waals surface area contributed by atoms with Crippen molar-refractivity contribution in [2.75, 3.05) is 32.8 Å². The first-order valence-corrected chi connectivity index (χ1v) is 9.85. The van der Waals surface area contributed by atoms with Gasteiger partial charge in [0.15, 0.2) is 0 Å². The summed E-state index contributed by atoms with van der Waals surface area (Å²) in [6.07, 6.45) is 3.44. The zero-order chi connectivity index (χ0) is 18.7. The Morgan fingerprint density at radius 1 is 1.27 bits per heavy atom. The van der Waals surface area contributed by atoms with Crippen LogP contribution in [0.3, 0.4) is 0 Å². The Morgan fingerprint density at radius 3 is 2.54 bits per heavy atom. The van der Waals surface area contributed by atoms with Crippen LogP contribution in [0.15, 0.2) is 18.2 Å². The van der Waals surface area contributed by atoms with Gasteiger partial charge in [-0.15, -0.1) is 0 Å². The molecule has 26 heavy (non-hydrogen) atoms. The molecule has 1 aromatic rings. The third-order valence-electron chi connectivity index (χ3n) is 5.74. The van der Waals surface area contributed by atoms with Gasteiger partial charge in [-0.05, 0) is 50.3 Å². The maximum absolute atomic E-state index is 11.5. The van der Waals surface area contributed by atoms with E-state index in [9.17, 15) is 9.90 Å². The number of halogens is 1. The summed E-state index contributed by atoms with van der Waals surface area (Å²) < 4.78 is 5.84. The Hall–Kier alpha value is -1.30. The van der Waals surface area contributed by atoms with Crippen LogP contribution in [0.4, 0.5) is 0 Å². The minimum absolute atomic E-state index is 0.170. The monoisotopic (exact) mass is 380 g/mol. The number of nitrogens with zero attached hydrogens (tertiary/aromatic N) is 2. The molecule has 6 heteroatoms. The number of benzene rings is 1. The first kappa shape index (κ1) is 19.5.